The van der Waals surface area contributed by atoms with E-state index in [9.17, 15) is 8.42 Å². The molecule has 13 heavy (non-hydrogen) atoms. The van der Waals surface area contributed by atoms with E-state index in [4.69, 9.17) is 10.5 Å². The maximum Gasteiger partial charge on any atom is 0.222 e. The highest BCUT2D eigenvalue weighted by Gasteiger charge is 2.00. The van der Waals surface area contributed by atoms with Gasteiger partial charge in [0.1, 0.15) is 5.75 Å². The van der Waals surface area contributed by atoms with Crippen LogP contribution in [0.5, 0.6) is 5.75 Å². The van der Waals surface area contributed by atoms with Gasteiger partial charge in [0.2, 0.25) is 10.9 Å². The molecule has 0 bridgehead atoms. The molecule has 0 aromatic heterocycles. The number of hydrogen-bond donors (Lipinski definition) is 3. The zero-order valence-corrected chi connectivity index (χ0v) is 7.88. The van der Waals surface area contributed by atoms with Gasteiger partial charge in [-0.25, -0.2) is 8.42 Å². The van der Waals surface area contributed by atoms with E-state index in [1.54, 1.807) is 18.2 Å². The van der Waals surface area contributed by atoms with Crippen molar-refractivity contribution in [2.45, 2.75) is 0 Å². The minimum atomic E-state index is -2.68. The van der Waals surface area contributed by atoms with Crippen LogP contribution < -0.4 is 15.2 Å². The molecule has 0 heterocycles. The highest BCUT2D eigenvalue weighted by atomic mass is 32.2. The second kappa shape index (κ2) is 3.99. The quantitative estimate of drug-likeness (QED) is 0.483. The van der Waals surface area contributed by atoms with Gasteiger partial charge in [0.25, 0.3) is 0 Å². The van der Waals surface area contributed by atoms with Gasteiger partial charge in [-0.3, -0.25) is 4.72 Å². The first kappa shape index (κ1) is 9.66. The van der Waals surface area contributed by atoms with Crippen LogP contribution in [0.4, 0.5) is 11.4 Å². The van der Waals surface area contributed by atoms with E-state index in [0.717, 1.165) is 0 Å². The number of rotatable bonds is 3. The number of nitrogens with one attached hydrogen (secondary N) is 1. The molecule has 0 aliphatic carbocycles. The molecule has 1 aromatic rings. The lowest BCUT2D eigenvalue weighted by atomic mass is 10.2. The highest BCUT2D eigenvalue weighted by molar-refractivity contribution is 7.73. The Morgan fingerprint density at radius 3 is 2.62 bits per heavy atom. The van der Waals surface area contributed by atoms with Crippen LogP contribution in [-0.4, -0.2) is 15.5 Å². The van der Waals surface area contributed by atoms with Crippen molar-refractivity contribution >= 4 is 22.3 Å². The van der Waals surface area contributed by atoms with Gasteiger partial charge in [-0.05, 0) is 12.1 Å². The Kier molecular flexibility index (Phi) is 2.97. The summed E-state index contributed by atoms with van der Waals surface area (Å²) >= 11 is 0. The Labute approximate surface area is 77.6 Å². The predicted molar refractivity (Wildman–Crippen MR) is 51.3 cm³/mol. The molecule has 5 nitrogen and oxygen atoms in total. The van der Waals surface area contributed by atoms with Crippen LogP contribution in [0.1, 0.15) is 0 Å². The summed E-state index contributed by atoms with van der Waals surface area (Å²) in [5.41, 5.74) is 6.23. The third-order valence-corrected chi connectivity index (χ3v) is 1.89. The summed E-state index contributed by atoms with van der Waals surface area (Å²) in [4.78, 5) is 0. The van der Waals surface area contributed by atoms with Crippen molar-refractivity contribution in [2.24, 2.45) is 0 Å². The fourth-order valence-corrected chi connectivity index (χ4v) is 1.27. The summed E-state index contributed by atoms with van der Waals surface area (Å²) in [5, 5.41) is 0. The summed E-state index contributed by atoms with van der Waals surface area (Å²) in [5.74, 6) is 0.587. The van der Waals surface area contributed by atoms with E-state index in [2.05, 4.69) is 4.72 Å². The first-order chi connectivity index (χ1) is 6.13. The molecule has 1 aromatic carbocycles. The molecule has 0 atom stereocenters. The number of thiol groups is 1. The van der Waals surface area contributed by atoms with Crippen LogP contribution in [0.15, 0.2) is 18.2 Å². The number of nitrogen functional groups attached to an aromatic ring is 1. The van der Waals surface area contributed by atoms with Gasteiger partial charge in [0.15, 0.2) is 0 Å². The van der Waals surface area contributed by atoms with Crippen molar-refractivity contribution in [2.75, 3.05) is 17.6 Å². The molecule has 0 amide bonds. The second-order valence-electron chi connectivity index (χ2n) is 2.32. The van der Waals surface area contributed by atoms with Gasteiger partial charge in [-0.1, -0.05) is 0 Å². The first-order valence-electron chi connectivity index (χ1n) is 3.48. The third kappa shape index (κ3) is 2.51. The molecule has 0 saturated carbocycles. The third-order valence-electron chi connectivity index (χ3n) is 1.47. The lowest BCUT2D eigenvalue weighted by molar-refractivity contribution is 0.415. The van der Waals surface area contributed by atoms with Crippen LogP contribution in [0.25, 0.3) is 0 Å². The molecule has 1 rings (SSSR count). The molecule has 0 radical (unpaired) electrons. The van der Waals surface area contributed by atoms with Gasteiger partial charge >= 0.3 is 0 Å². The van der Waals surface area contributed by atoms with E-state index in [0.29, 0.717) is 17.1 Å². The molecular formula is C7H10N2O3S. The van der Waals surface area contributed by atoms with Gasteiger partial charge in [-0.2, -0.15) is 0 Å². The van der Waals surface area contributed by atoms with Crippen molar-refractivity contribution in [3.05, 3.63) is 18.2 Å². The molecular weight excluding hydrogens is 192 g/mol. The van der Waals surface area contributed by atoms with Crippen LogP contribution in [0.2, 0.25) is 0 Å². The standard InChI is InChI=1S/C7H10N2O3S/c1-12-5-2-3-7(6(8)4-5)9-13(10)11/h2-4,13H,8H2,1H3,(H,9,10,11). The smallest absolute Gasteiger partial charge is 0.222 e. The second-order valence-corrected chi connectivity index (χ2v) is 3.06. The molecule has 3 N–H and O–H groups in total. The zero-order valence-electron chi connectivity index (χ0n) is 6.98. The lowest BCUT2D eigenvalue weighted by Gasteiger charge is -2.05. The van der Waals surface area contributed by atoms with E-state index in [1.165, 1.54) is 7.11 Å². The number of benzene rings is 1. The SMILES string of the molecule is COc1ccc(N[SH](=O)=O)c(N)c1. The topological polar surface area (TPSA) is 81.4 Å². The lowest BCUT2D eigenvalue weighted by Crippen LogP contribution is -1.99. The van der Waals surface area contributed by atoms with Crippen LogP contribution in [0.3, 0.4) is 0 Å². The summed E-state index contributed by atoms with van der Waals surface area (Å²) in [6, 6.07) is 4.71. The highest BCUT2D eigenvalue weighted by Crippen LogP contribution is 2.23. The summed E-state index contributed by atoms with van der Waals surface area (Å²) in [6.07, 6.45) is 0. The molecule has 0 fully saturated rings. The molecule has 72 valence electrons. The number of anilines is 2. The Morgan fingerprint density at radius 2 is 2.15 bits per heavy atom. The van der Waals surface area contributed by atoms with Crippen molar-refractivity contribution in [1.29, 1.82) is 0 Å². The largest absolute Gasteiger partial charge is 0.497 e. The zero-order chi connectivity index (χ0) is 9.84. The fourth-order valence-electron chi connectivity index (χ4n) is 0.868. The van der Waals surface area contributed by atoms with E-state index < -0.39 is 10.9 Å². The average Bonchev–Trinajstić information content (AvgIpc) is 2.08. The van der Waals surface area contributed by atoms with Crippen molar-refractivity contribution < 1.29 is 13.2 Å². The Morgan fingerprint density at radius 1 is 1.46 bits per heavy atom. The molecule has 0 aliphatic heterocycles. The van der Waals surface area contributed by atoms with Gasteiger partial charge in [0, 0.05) is 6.07 Å². The Hall–Kier alpha value is -1.43. The van der Waals surface area contributed by atoms with Gasteiger partial charge < -0.3 is 10.5 Å². The first-order valence-corrected chi connectivity index (χ1v) is 4.66. The summed E-state index contributed by atoms with van der Waals surface area (Å²) in [6.45, 7) is 0. The minimum absolute atomic E-state index is 0.332. The van der Waals surface area contributed by atoms with E-state index >= 15 is 0 Å². The number of methoxy groups -OCH3 is 1. The molecule has 0 spiro atoms. The number of nitrogens with two attached hydrogens (primary N) is 1. The van der Waals surface area contributed by atoms with Crippen LogP contribution >= 0.6 is 0 Å². The predicted octanol–water partition coefficient (Wildman–Crippen LogP) is 0.216. The normalized spacial score (nSPS) is 10.0. The number of hydrogen-bond acceptors (Lipinski definition) is 4. The molecule has 0 aliphatic rings. The molecule has 0 unspecified atom stereocenters. The minimum Gasteiger partial charge on any atom is -0.497 e. The van der Waals surface area contributed by atoms with Gasteiger partial charge in [-0.15, -0.1) is 0 Å². The summed E-state index contributed by atoms with van der Waals surface area (Å²) in [7, 11) is -1.17. The van der Waals surface area contributed by atoms with Crippen molar-refractivity contribution in [3.63, 3.8) is 0 Å². The van der Waals surface area contributed by atoms with Crippen molar-refractivity contribution in [1.82, 2.24) is 0 Å². The van der Waals surface area contributed by atoms with Gasteiger partial charge in [0.05, 0.1) is 18.5 Å². The van der Waals surface area contributed by atoms with E-state index in [-0.39, 0.29) is 0 Å². The molecule has 0 saturated heterocycles. The monoisotopic (exact) mass is 202 g/mol. The fraction of sp³-hybridized carbons (Fsp3) is 0.143. The summed E-state index contributed by atoms with van der Waals surface area (Å²) < 4.78 is 27.7. The average molecular weight is 202 g/mol. The Bertz CT molecular complexity index is 368. The van der Waals surface area contributed by atoms with Crippen LogP contribution in [-0.2, 0) is 10.9 Å². The number of ether oxygens (including phenoxy) is 1. The maximum atomic E-state index is 10.3. The molecule has 6 heteroatoms. The maximum absolute atomic E-state index is 10.3. The van der Waals surface area contributed by atoms with E-state index in [1.807, 2.05) is 0 Å². The Balaban J connectivity index is 2.98. The van der Waals surface area contributed by atoms with Crippen molar-refractivity contribution in [3.8, 4) is 5.75 Å². The van der Waals surface area contributed by atoms with Crippen LogP contribution in [0, 0.1) is 0 Å².